The highest BCUT2D eigenvalue weighted by Crippen LogP contribution is 2.46. The smallest absolute Gasteiger partial charge is 0.229 e. The summed E-state index contributed by atoms with van der Waals surface area (Å²) in [5.41, 5.74) is 5.42. The van der Waals surface area contributed by atoms with E-state index in [1.807, 2.05) is 72.8 Å². The molecule has 0 atom stereocenters. The fourth-order valence-electron chi connectivity index (χ4n) is 6.85. The van der Waals surface area contributed by atoms with Gasteiger partial charge in [-0.05, 0) is 35.4 Å². The molecule has 6 nitrogen and oxygen atoms in total. The second-order valence-electron chi connectivity index (χ2n) is 12.0. The van der Waals surface area contributed by atoms with E-state index >= 15 is 0 Å². The highest BCUT2D eigenvalue weighted by molar-refractivity contribution is 9.10. The van der Waals surface area contributed by atoms with Crippen molar-refractivity contribution in [3.05, 3.63) is 175 Å². The third-order valence-corrected chi connectivity index (χ3v) is 10.2. The van der Waals surface area contributed by atoms with Crippen molar-refractivity contribution in [2.75, 3.05) is 0 Å². The lowest BCUT2D eigenvalue weighted by Gasteiger charge is -2.14. The molecule has 7 aromatic rings. The summed E-state index contributed by atoms with van der Waals surface area (Å²) in [4.78, 5) is 55.2. The molecule has 8 heteroatoms. The van der Waals surface area contributed by atoms with Crippen molar-refractivity contribution in [3.63, 3.8) is 0 Å². The second kappa shape index (κ2) is 11.4. The van der Waals surface area contributed by atoms with Gasteiger partial charge in [0.2, 0.25) is 11.6 Å². The zero-order chi connectivity index (χ0) is 34.3. The van der Waals surface area contributed by atoms with Crippen LogP contribution in [0.25, 0.3) is 44.9 Å². The fraction of sp³-hybridized carbons (Fsp3) is 0. The average molecular weight is 780 g/mol. The van der Waals surface area contributed by atoms with E-state index in [1.165, 1.54) is 0 Å². The van der Waals surface area contributed by atoms with Gasteiger partial charge in [-0.25, -0.2) is 0 Å². The van der Waals surface area contributed by atoms with Gasteiger partial charge in [-0.2, -0.15) is 0 Å². The Kier molecular flexibility index (Phi) is 6.95. The minimum atomic E-state index is -0.355. The molecule has 2 aliphatic carbocycles. The van der Waals surface area contributed by atoms with Crippen LogP contribution >= 0.6 is 31.9 Å². The fourth-order valence-corrected chi connectivity index (χ4v) is 7.38. The molecule has 0 N–H and O–H groups in total. The first-order chi connectivity index (χ1) is 24.3. The number of rotatable bonds is 4. The summed E-state index contributed by atoms with van der Waals surface area (Å²) in [7, 11) is 0. The summed E-state index contributed by atoms with van der Waals surface area (Å²) in [6.45, 7) is 0. The number of carbonyl (C=O) groups is 4. The maximum absolute atomic E-state index is 13.9. The zero-order valence-corrected chi connectivity index (χ0v) is 28.9. The van der Waals surface area contributed by atoms with Gasteiger partial charge in [-0.15, -0.1) is 0 Å². The Balaban J connectivity index is 1.22. The molecular formula is C42H20Br2O6. The van der Waals surface area contributed by atoms with Crippen LogP contribution in [-0.4, -0.2) is 23.1 Å². The molecule has 0 saturated heterocycles. The molecule has 0 saturated carbocycles. The topological polar surface area (TPSA) is 94.6 Å². The highest BCUT2D eigenvalue weighted by Gasteiger charge is 2.39. The van der Waals surface area contributed by atoms with E-state index in [0.717, 1.165) is 8.95 Å². The van der Waals surface area contributed by atoms with Crippen LogP contribution in [0.2, 0.25) is 0 Å². The minimum absolute atomic E-state index is 0.00137. The Morgan fingerprint density at radius 1 is 0.320 bits per heavy atom. The summed E-state index contributed by atoms with van der Waals surface area (Å²) >= 11 is 6.97. The first-order valence-electron chi connectivity index (χ1n) is 15.6. The predicted molar refractivity (Wildman–Crippen MR) is 195 cm³/mol. The van der Waals surface area contributed by atoms with Crippen molar-refractivity contribution in [1.29, 1.82) is 0 Å². The van der Waals surface area contributed by atoms with Gasteiger partial charge in [0.25, 0.3) is 0 Å². The minimum Gasteiger partial charge on any atom is -0.451 e. The van der Waals surface area contributed by atoms with E-state index in [4.69, 9.17) is 8.83 Å². The quantitative estimate of drug-likeness (QED) is 0.177. The van der Waals surface area contributed by atoms with Crippen LogP contribution in [0.5, 0.6) is 0 Å². The Hall–Kier alpha value is -5.70. The van der Waals surface area contributed by atoms with Gasteiger partial charge in [0.15, 0.2) is 23.1 Å². The van der Waals surface area contributed by atoms with Crippen molar-refractivity contribution < 1.29 is 28.0 Å². The summed E-state index contributed by atoms with van der Waals surface area (Å²) in [5, 5.41) is 0. The first kappa shape index (κ1) is 30.4. The van der Waals surface area contributed by atoms with Crippen LogP contribution < -0.4 is 0 Å². The number of hydrogen-bond donors (Lipinski definition) is 0. The van der Waals surface area contributed by atoms with Crippen LogP contribution in [0, 0.1) is 0 Å². The molecule has 0 aliphatic heterocycles. The molecule has 238 valence electrons. The average Bonchev–Trinajstić information content (AvgIpc) is 3.75. The second-order valence-corrected chi connectivity index (χ2v) is 13.9. The standard InChI is InChI=1S/C42H20Br2O6/c43-25-17-13-21(14-18-25)31-33-35(45)27-5-1-3-7-29(27)37(47)41(33)49-39(31)23-9-11-24(12-10-23)40-32(22-15-19-26(44)20-16-22)34-36(46)28-6-2-4-8-30(28)38(48)42(34)50-40/h1-20H. The number of benzene rings is 5. The molecule has 0 amide bonds. The number of ketones is 4. The van der Waals surface area contributed by atoms with Gasteiger partial charge in [0.05, 0.1) is 11.1 Å². The Labute approximate surface area is 301 Å². The van der Waals surface area contributed by atoms with E-state index in [9.17, 15) is 19.2 Å². The van der Waals surface area contributed by atoms with E-state index < -0.39 is 0 Å². The van der Waals surface area contributed by atoms with Crippen molar-refractivity contribution in [3.8, 4) is 44.9 Å². The molecule has 0 radical (unpaired) electrons. The number of carbonyl (C=O) groups excluding carboxylic acids is 4. The number of hydrogen-bond acceptors (Lipinski definition) is 6. The number of fused-ring (bicyclic) bond motifs is 4. The molecule has 0 bridgehead atoms. The predicted octanol–water partition coefficient (Wildman–Crippen LogP) is 10.6. The van der Waals surface area contributed by atoms with Crippen molar-refractivity contribution in [2.24, 2.45) is 0 Å². The van der Waals surface area contributed by atoms with Gasteiger partial charge in [0, 0.05) is 53.5 Å². The number of furan rings is 2. The SMILES string of the molecule is O=C1c2ccccc2C(=O)c2c1oc(-c1ccc(-c3oc4c(c3-c3ccc(Br)cc3)C(=O)c3ccccc3C4=O)cc1)c2-c1ccc(Br)cc1. The molecule has 50 heavy (non-hydrogen) atoms. The van der Waals surface area contributed by atoms with Crippen LogP contribution in [0.4, 0.5) is 0 Å². The molecule has 2 heterocycles. The lowest BCUT2D eigenvalue weighted by Crippen LogP contribution is -2.19. The Morgan fingerprint density at radius 3 is 0.960 bits per heavy atom. The highest BCUT2D eigenvalue weighted by atomic mass is 79.9. The van der Waals surface area contributed by atoms with Crippen molar-refractivity contribution in [2.45, 2.75) is 0 Å². The Bertz CT molecular complexity index is 2420. The summed E-state index contributed by atoms with van der Waals surface area (Å²) in [6.07, 6.45) is 0. The molecule has 5 aromatic carbocycles. The van der Waals surface area contributed by atoms with Crippen LogP contribution in [0.15, 0.2) is 139 Å². The van der Waals surface area contributed by atoms with E-state index in [1.54, 1.807) is 48.5 Å². The lowest BCUT2D eigenvalue weighted by atomic mass is 9.84. The summed E-state index contributed by atoms with van der Waals surface area (Å²) < 4.78 is 14.4. The van der Waals surface area contributed by atoms with Gasteiger partial charge in [-0.3, -0.25) is 19.2 Å². The molecule has 2 aliphatic rings. The normalized spacial score (nSPS) is 13.2. The van der Waals surface area contributed by atoms with Gasteiger partial charge < -0.3 is 8.83 Å². The number of halogens is 2. The van der Waals surface area contributed by atoms with Gasteiger partial charge in [0.1, 0.15) is 11.5 Å². The van der Waals surface area contributed by atoms with E-state index in [-0.39, 0.29) is 45.8 Å². The summed E-state index contributed by atoms with van der Waals surface area (Å²) in [6, 6.07) is 35.7. The third-order valence-electron chi connectivity index (χ3n) is 9.19. The van der Waals surface area contributed by atoms with Crippen LogP contribution in [-0.2, 0) is 0 Å². The van der Waals surface area contributed by atoms with Crippen molar-refractivity contribution >= 4 is 55.0 Å². The molecule has 2 aromatic heterocycles. The van der Waals surface area contributed by atoms with Gasteiger partial charge in [-0.1, -0.05) is 129 Å². The maximum Gasteiger partial charge on any atom is 0.229 e. The zero-order valence-electron chi connectivity index (χ0n) is 25.8. The Morgan fingerprint density at radius 2 is 0.620 bits per heavy atom. The summed E-state index contributed by atoms with van der Waals surface area (Å²) in [5.74, 6) is -0.543. The monoisotopic (exact) mass is 778 g/mol. The van der Waals surface area contributed by atoms with Gasteiger partial charge >= 0.3 is 0 Å². The van der Waals surface area contributed by atoms with Crippen molar-refractivity contribution in [1.82, 2.24) is 0 Å². The van der Waals surface area contributed by atoms with E-state index in [2.05, 4.69) is 31.9 Å². The van der Waals surface area contributed by atoms with Crippen LogP contribution in [0.3, 0.4) is 0 Å². The third kappa shape index (κ3) is 4.52. The lowest BCUT2D eigenvalue weighted by molar-refractivity contribution is 0.0961. The molecule has 0 spiro atoms. The first-order valence-corrected chi connectivity index (χ1v) is 17.2. The van der Waals surface area contributed by atoms with E-state index in [0.29, 0.717) is 67.2 Å². The molecule has 9 rings (SSSR count). The molecule has 0 fully saturated rings. The maximum atomic E-state index is 13.9. The largest absolute Gasteiger partial charge is 0.451 e. The molecular weight excluding hydrogens is 760 g/mol. The van der Waals surface area contributed by atoms with Crippen LogP contribution in [0.1, 0.15) is 64.1 Å². The molecule has 0 unspecified atom stereocenters.